The number of hydrogen-bond acceptors (Lipinski definition) is 3. The van der Waals surface area contributed by atoms with Gasteiger partial charge in [0.05, 0.1) is 16.9 Å². The number of aryl methyl sites for hydroxylation is 3. The maximum absolute atomic E-state index is 12.8. The summed E-state index contributed by atoms with van der Waals surface area (Å²) in [5.41, 5.74) is 2.60. The third-order valence-electron chi connectivity index (χ3n) is 3.22. The third-order valence-corrected chi connectivity index (χ3v) is 5.28. The fourth-order valence-electron chi connectivity index (χ4n) is 2.48. The van der Waals surface area contributed by atoms with Crippen LogP contribution in [0.25, 0.3) is 0 Å². The first-order chi connectivity index (χ1) is 9.36. The number of ether oxygens (including phenoxy) is 1. The second-order valence-corrected chi connectivity index (χ2v) is 6.80. The molecular weight excluding hydrogens is 272 g/mol. The predicted octanol–water partition coefficient (Wildman–Crippen LogP) is 3.45. The van der Waals surface area contributed by atoms with Crippen LogP contribution in [-0.4, -0.2) is 15.5 Å². The highest BCUT2D eigenvalue weighted by Gasteiger charge is 2.22. The molecule has 0 atom stereocenters. The average Bonchev–Trinajstić information content (AvgIpc) is 2.37. The van der Waals surface area contributed by atoms with Gasteiger partial charge in [0.2, 0.25) is 9.84 Å². The Hall–Kier alpha value is -1.81. The number of benzene rings is 2. The lowest BCUT2D eigenvalue weighted by molar-refractivity contribution is 0.413. The van der Waals surface area contributed by atoms with Gasteiger partial charge in [-0.2, -0.15) is 0 Å². The Bertz CT molecular complexity index is 723. The number of rotatable bonds is 3. The molecule has 0 spiro atoms. The Kier molecular flexibility index (Phi) is 3.86. The summed E-state index contributed by atoms with van der Waals surface area (Å²) in [7, 11) is -2.01. The molecule has 0 aromatic heterocycles. The smallest absolute Gasteiger partial charge is 0.207 e. The van der Waals surface area contributed by atoms with Crippen molar-refractivity contribution in [1.82, 2.24) is 0 Å². The van der Waals surface area contributed by atoms with E-state index < -0.39 is 9.84 Å². The highest BCUT2D eigenvalue weighted by Crippen LogP contribution is 2.29. The first kappa shape index (κ1) is 14.6. The zero-order valence-corrected chi connectivity index (χ0v) is 12.9. The summed E-state index contributed by atoms with van der Waals surface area (Å²) in [5, 5.41) is 0. The lowest BCUT2D eigenvalue weighted by Gasteiger charge is -2.13. The molecular formula is C16H18O3S. The summed E-state index contributed by atoms with van der Waals surface area (Å²) in [6, 6.07) is 10.3. The summed E-state index contributed by atoms with van der Waals surface area (Å²) >= 11 is 0. The van der Waals surface area contributed by atoms with Crippen molar-refractivity contribution >= 4 is 9.84 Å². The van der Waals surface area contributed by atoms with E-state index in [4.69, 9.17) is 4.74 Å². The third kappa shape index (κ3) is 2.56. The largest absolute Gasteiger partial charge is 0.497 e. The van der Waals surface area contributed by atoms with E-state index in [1.807, 2.05) is 32.9 Å². The van der Waals surface area contributed by atoms with Crippen LogP contribution in [0.5, 0.6) is 5.75 Å². The molecule has 0 aliphatic heterocycles. The van der Waals surface area contributed by atoms with Crippen LogP contribution in [0.3, 0.4) is 0 Å². The molecule has 0 radical (unpaired) electrons. The second kappa shape index (κ2) is 5.29. The van der Waals surface area contributed by atoms with E-state index >= 15 is 0 Å². The van der Waals surface area contributed by atoms with Gasteiger partial charge in [0.25, 0.3) is 0 Å². The van der Waals surface area contributed by atoms with Crippen molar-refractivity contribution in [2.45, 2.75) is 30.6 Å². The summed E-state index contributed by atoms with van der Waals surface area (Å²) in [5.74, 6) is 0.536. The fourth-order valence-corrected chi connectivity index (χ4v) is 4.21. The minimum Gasteiger partial charge on any atom is -0.497 e. The molecule has 20 heavy (non-hydrogen) atoms. The van der Waals surface area contributed by atoms with Crippen LogP contribution in [0, 0.1) is 20.8 Å². The van der Waals surface area contributed by atoms with Crippen molar-refractivity contribution in [3.63, 3.8) is 0 Å². The Balaban J connectivity index is 2.67. The molecule has 0 fully saturated rings. The van der Waals surface area contributed by atoms with Crippen molar-refractivity contribution in [3.05, 3.63) is 53.1 Å². The lowest BCUT2D eigenvalue weighted by Crippen LogP contribution is -2.07. The van der Waals surface area contributed by atoms with E-state index in [-0.39, 0.29) is 4.90 Å². The molecule has 0 amide bonds. The van der Waals surface area contributed by atoms with Crippen LogP contribution in [0.4, 0.5) is 0 Å². The topological polar surface area (TPSA) is 43.4 Å². The summed E-state index contributed by atoms with van der Waals surface area (Å²) < 4.78 is 30.7. The Morgan fingerprint density at radius 2 is 1.55 bits per heavy atom. The van der Waals surface area contributed by atoms with Gasteiger partial charge in [0.1, 0.15) is 5.75 Å². The van der Waals surface area contributed by atoms with Crippen molar-refractivity contribution in [1.29, 1.82) is 0 Å². The fraction of sp³-hybridized carbons (Fsp3) is 0.250. The molecule has 2 rings (SSSR count). The van der Waals surface area contributed by atoms with Crippen molar-refractivity contribution in [3.8, 4) is 5.75 Å². The van der Waals surface area contributed by atoms with Gasteiger partial charge in [0, 0.05) is 0 Å². The molecule has 106 valence electrons. The first-order valence-electron chi connectivity index (χ1n) is 6.33. The van der Waals surface area contributed by atoms with E-state index in [1.165, 1.54) is 7.11 Å². The van der Waals surface area contributed by atoms with E-state index in [0.717, 1.165) is 16.7 Å². The van der Waals surface area contributed by atoms with Crippen LogP contribution >= 0.6 is 0 Å². The summed E-state index contributed by atoms with van der Waals surface area (Å²) in [6.07, 6.45) is 0. The monoisotopic (exact) mass is 290 g/mol. The minimum atomic E-state index is -3.53. The van der Waals surface area contributed by atoms with E-state index in [2.05, 4.69) is 0 Å². The maximum Gasteiger partial charge on any atom is 0.207 e. The van der Waals surface area contributed by atoms with Crippen LogP contribution in [0.15, 0.2) is 46.2 Å². The zero-order valence-electron chi connectivity index (χ0n) is 12.1. The molecule has 0 N–H and O–H groups in total. The molecule has 0 saturated carbocycles. The molecule has 2 aromatic carbocycles. The molecule has 0 aliphatic rings. The van der Waals surface area contributed by atoms with Gasteiger partial charge < -0.3 is 4.74 Å². The van der Waals surface area contributed by atoms with Crippen LogP contribution in [0.1, 0.15) is 16.7 Å². The summed E-state index contributed by atoms with van der Waals surface area (Å²) in [4.78, 5) is 0.642. The van der Waals surface area contributed by atoms with Gasteiger partial charge in [0.15, 0.2) is 0 Å². The Labute approximate surface area is 120 Å². The van der Waals surface area contributed by atoms with Gasteiger partial charge in [-0.15, -0.1) is 0 Å². The molecule has 0 bridgehead atoms. The quantitative estimate of drug-likeness (QED) is 0.869. The van der Waals surface area contributed by atoms with Crippen molar-refractivity contribution in [2.24, 2.45) is 0 Å². The summed E-state index contributed by atoms with van der Waals surface area (Å²) in [6.45, 7) is 5.61. The molecule has 2 aromatic rings. The number of methoxy groups -OCH3 is 1. The first-order valence-corrected chi connectivity index (χ1v) is 7.81. The Morgan fingerprint density at radius 3 is 2.10 bits per heavy atom. The molecule has 0 aliphatic carbocycles. The molecule has 0 saturated heterocycles. The highest BCUT2D eigenvalue weighted by molar-refractivity contribution is 7.91. The van der Waals surface area contributed by atoms with E-state index in [9.17, 15) is 8.42 Å². The molecule has 0 unspecified atom stereocenters. The van der Waals surface area contributed by atoms with E-state index in [1.54, 1.807) is 24.3 Å². The van der Waals surface area contributed by atoms with Crippen LogP contribution in [0.2, 0.25) is 0 Å². The van der Waals surface area contributed by atoms with Gasteiger partial charge >= 0.3 is 0 Å². The maximum atomic E-state index is 12.8. The molecule has 3 nitrogen and oxygen atoms in total. The van der Waals surface area contributed by atoms with Crippen molar-refractivity contribution in [2.75, 3.05) is 7.11 Å². The number of hydrogen-bond donors (Lipinski definition) is 0. The molecule has 0 heterocycles. The highest BCUT2D eigenvalue weighted by atomic mass is 32.2. The van der Waals surface area contributed by atoms with Crippen LogP contribution in [-0.2, 0) is 9.84 Å². The van der Waals surface area contributed by atoms with Gasteiger partial charge in [-0.1, -0.05) is 23.8 Å². The van der Waals surface area contributed by atoms with Gasteiger partial charge in [-0.25, -0.2) is 8.42 Å². The van der Waals surface area contributed by atoms with E-state index in [0.29, 0.717) is 10.6 Å². The normalized spacial score (nSPS) is 11.4. The van der Waals surface area contributed by atoms with Gasteiger partial charge in [-0.3, -0.25) is 0 Å². The minimum absolute atomic E-state index is 0.256. The average molecular weight is 290 g/mol. The van der Waals surface area contributed by atoms with Crippen LogP contribution < -0.4 is 4.74 Å². The Morgan fingerprint density at radius 1 is 0.950 bits per heavy atom. The van der Waals surface area contributed by atoms with Gasteiger partial charge in [-0.05, 0) is 50.1 Å². The predicted molar refractivity (Wildman–Crippen MR) is 79.1 cm³/mol. The number of sulfone groups is 1. The van der Waals surface area contributed by atoms with Crippen molar-refractivity contribution < 1.29 is 13.2 Å². The standard InChI is InChI=1S/C16H18O3S/c1-11-8-12(2)16(13(3)9-11)20(17,18)15-7-5-6-14(10-15)19-4/h5-10H,1-4H3. The second-order valence-electron chi connectivity index (χ2n) is 4.91. The lowest BCUT2D eigenvalue weighted by atomic mass is 10.1. The zero-order chi connectivity index (χ0) is 14.9. The SMILES string of the molecule is COc1cccc(S(=O)(=O)c2c(C)cc(C)cc2C)c1. The molecule has 4 heteroatoms.